The standard InChI is InChI=1S/C21H26ClN5O4/c1-26(18(12-28)23-13-29)11-19-24-21(25-31-19)16-10-27(9-14-5-7-30-8-6-14)20-15(16)3-2-4-17(20)22/h2-4,10,13-14,18,28H,5-9,11-12H2,1H3,(H,23,29)/t18-/m0/s1. The molecule has 4 rings (SSSR count). The highest BCUT2D eigenvalue weighted by Crippen LogP contribution is 2.34. The lowest BCUT2D eigenvalue weighted by Gasteiger charge is -2.23. The van der Waals surface area contributed by atoms with Crippen LogP contribution in [-0.4, -0.2) is 64.2 Å². The van der Waals surface area contributed by atoms with Gasteiger partial charge in [-0.05, 0) is 31.9 Å². The highest BCUT2D eigenvalue weighted by atomic mass is 35.5. The first-order chi connectivity index (χ1) is 15.1. The Bertz CT molecular complexity index is 1030. The van der Waals surface area contributed by atoms with Crippen molar-refractivity contribution in [3.05, 3.63) is 35.3 Å². The maximum atomic E-state index is 10.7. The van der Waals surface area contributed by atoms with Gasteiger partial charge in [-0.25, -0.2) is 0 Å². The van der Waals surface area contributed by atoms with Crippen LogP contribution in [0.2, 0.25) is 5.02 Å². The molecule has 0 spiro atoms. The molecule has 0 bridgehead atoms. The van der Waals surface area contributed by atoms with Crippen LogP contribution in [0.15, 0.2) is 28.9 Å². The van der Waals surface area contributed by atoms with Crippen molar-refractivity contribution in [1.29, 1.82) is 0 Å². The normalized spacial score (nSPS) is 16.1. The molecule has 0 unspecified atom stereocenters. The van der Waals surface area contributed by atoms with Gasteiger partial charge in [-0.2, -0.15) is 4.98 Å². The van der Waals surface area contributed by atoms with Crippen LogP contribution >= 0.6 is 11.6 Å². The van der Waals surface area contributed by atoms with Crippen molar-refractivity contribution in [2.75, 3.05) is 26.9 Å². The van der Waals surface area contributed by atoms with Gasteiger partial charge in [0.05, 0.1) is 23.7 Å². The number of ether oxygens (including phenoxy) is 1. The number of carbonyl (C=O) groups excluding carboxylic acids is 1. The molecule has 3 heterocycles. The Kier molecular flexibility index (Phi) is 6.86. The van der Waals surface area contributed by atoms with E-state index in [-0.39, 0.29) is 13.2 Å². The van der Waals surface area contributed by atoms with Gasteiger partial charge in [-0.3, -0.25) is 9.69 Å². The van der Waals surface area contributed by atoms with Crippen molar-refractivity contribution in [2.24, 2.45) is 5.92 Å². The SMILES string of the molecule is CN(Cc1nc(-c2cn(CC3CCOCC3)c3c(Cl)cccc23)no1)[C@@H](CO)NC=O. The largest absolute Gasteiger partial charge is 0.393 e. The van der Waals surface area contributed by atoms with Crippen LogP contribution in [0.5, 0.6) is 0 Å². The first kappa shape index (κ1) is 21.8. The fraction of sp³-hybridized carbons (Fsp3) is 0.476. The van der Waals surface area contributed by atoms with E-state index >= 15 is 0 Å². The minimum absolute atomic E-state index is 0.228. The third-order valence-electron chi connectivity index (χ3n) is 5.70. The van der Waals surface area contributed by atoms with Crippen molar-refractivity contribution in [3.63, 3.8) is 0 Å². The molecule has 31 heavy (non-hydrogen) atoms. The van der Waals surface area contributed by atoms with Gasteiger partial charge in [-0.15, -0.1) is 0 Å². The van der Waals surface area contributed by atoms with Crippen molar-refractivity contribution < 1.29 is 19.2 Å². The zero-order valence-corrected chi connectivity index (χ0v) is 18.1. The molecule has 0 aliphatic carbocycles. The van der Waals surface area contributed by atoms with Crippen molar-refractivity contribution in [3.8, 4) is 11.4 Å². The smallest absolute Gasteiger partial charge is 0.241 e. The second-order valence-electron chi connectivity index (χ2n) is 7.80. The lowest BCUT2D eigenvalue weighted by molar-refractivity contribution is -0.111. The molecule has 0 saturated carbocycles. The monoisotopic (exact) mass is 447 g/mol. The molecule has 1 amide bonds. The van der Waals surface area contributed by atoms with Crippen LogP contribution in [0, 0.1) is 5.92 Å². The summed E-state index contributed by atoms with van der Waals surface area (Å²) in [5.41, 5.74) is 1.82. The van der Waals surface area contributed by atoms with Crippen LogP contribution in [0.1, 0.15) is 18.7 Å². The van der Waals surface area contributed by atoms with Gasteiger partial charge >= 0.3 is 0 Å². The van der Waals surface area contributed by atoms with Gasteiger partial charge in [0.2, 0.25) is 18.1 Å². The topological polar surface area (TPSA) is 106 Å². The third-order valence-corrected chi connectivity index (χ3v) is 6.01. The first-order valence-electron chi connectivity index (χ1n) is 10.3. The predicted octanol–water partition coefficient (Wildman–Crippen LogP) is 2.27. The third kappa shape index (κ3) is 4.74. The molecule has 1 aliphatic heterocycles. The fourth-order valence-corrected chi connectivity index (χ4v) is 4.28. The van der Waals surface area contributed by atoms with Gasteiger partial charge in [0.25, 0.3) is 0 Å². The summed E-state index contributed by atoms with van der Waals surface area (Å²) in [7, 11) is 1.75. The van der Waals surface area contributed by atoms with E-state index in [2.05, 4.69) is 20.0 Å². The molecule has 1 fully saturated rings. The molecular weight excluding hydrogens is 422 g/mol. The number of benzene rings is 1. The summed E-state index contributed by atoms with van der Waals surface area (Å²) in [6.07, 6.45) is 4.11. The van der Waals surface area contributed by atoms with E-state index in [0.717, 1.165) is 49.1 Å². The lowest BCUT2D eigenvalue weighted by atomic mass is 10.0. The van der Waals surface area contributed by atoms with E-state index in [1.165, 1.54) is 0 Å². The van der Waals surface area contributed by atoms with Crippen LogP contribution < -0.4 is 5.32 Å². The Hall–Kier alpha value is -2.46. The van der Waals surface area contributed by atoms with E-state index in [1.807, 2.05) is 24.4 Å². The number of aromatic nitrogens is 3. The Morgan fingerprint density at radius 3 is 2.97 bits per heavy atom. The molecule has 1 saturated heterocycles. The summed E-state index contributed by atoms with van der Waals surface area (Å²) >= 11 is 6.56. The summed E-state index contributed by atoms with van der Waals surface area (Å²) in [5.74, 6) is 1.39. The number of aliphatic hydroxyl groups excluding tert-OH is 1. The number of aliphatic hydroxyl groups is 1. The predicted molar refractivity (Wildman–Crippen MR) is 115 cm³/mol. The number of nitrogens with zero attached hydrogens (tertiary/aromatic N) is 4. The van der Waals surface area contributed by atoms with Gasteiger partial charge in [0.1, 0.15) is 6.17 Å². The average molecular weight is 448 g/mol. The fourth-order valence-electron chi connectivity index (χ4n) is 3.99. The van der Waals surface area contributed by atoms with E-state index in [0.29, 0.717) is 29.1 Å². The molecule has 0 radical (unpaired) electrons. The first-order valence-corrected chi connectivity index (χ1v) is 10.7. The molecule has 3 aromatic rings. The number of hydrogen-bond donors (Lipinski definition) is 2. The Labute approximate surface area is 184 Å². The molecular formula is C21H26ClN5O4. The lowest BCUT2D eigenvalue weighted by Crippen LogP contribution is -2.45. The second kappa shape index (κ2) is 9.78. The minimum atomic E-state index is -0.534. The molecule has 166 valence electrons. The molecule has 9 nitrogen and oxygen atoms in total. The second-order valence-corrected chi connectivity index (χ2v) is 8.20. The van der Waals surface area contributed by atoms with E-state index in [4.69, 9.17) is 20.9 Å². The summed E-state index contributed by atoms with van der Waals surface area (Å²) < 4.78 is 13.1. The number of amides is 1. The maximum absolute atomic E-state index is 10.7. The summed E-state index contributed by atoms with van der Waals surface area (Å²) in [6, 6.07) is 5.81. The summed E-state index contributed by atoms with van der Waals surface area (Å²) in [5, 5.41) is 17.8. The minimum Gasteiger partial charge on any atom is -0.393 e. The Morgan fingerprint density at radius 1 is 1.42 bits per heavy atom. The van der Waals surface area contributed by atoms with Gasteiger partial charge < -0.3 is 24.3 Å². The molecule has 2 N–H and O–H groups in total. The molecule has 1 aliphatic rings. The highest BCUT2D eigenvalue weighted by Gasteiger charge is 2.22. The number of para-hydroxylation sites is 1. The van der Waals surface area contributed by atoms with Gasteiger partial charge in [-0.1, -0.05) is 28.9 Å². The Balaban J connectivity index is 1.61. The molecule has 10 heteroatoms. The highest BCUT2D eigenvalue weighted by molar-refractivity contribution is 6.35. The molecule has 2 aromatic heterocycles. The van der Waals surface area contributed by atoms with Crippen molar-refractivity contribution >= 4 is 28.9 Å². The number of fused-ring (bicyclic) bond motifs is 1. The van der Waals surface area contributed by atoms with E-state index in [1.54, 1.807) is 11.9 Å². The quantitative estimate of drug-likeness (QED) is 0.383. The average Bonchev–Trinajstić information content (AvgIpc) is 3.38. The number of rotatable bonds is 9. The van der Waals surface area contributed by atoms with Crippen molar-refractivity contribution in [2.45, 2.75) is 32.1 Å². The number of likely N-dealkylation sites (N-methyl/N-ethyl adjacent to an activating group) is 1. The van der Waals surface area contributed by atoms with E-state index in [9.17, 15) is 9.90 Å². The molecule has 1 atom stereocenters. The van der Waals surface area contributed by atoms with Gasteiger partial charge in [0.15, 0.2) is 0 Å². The maximum Gasteiger partial charge on any atom is 0.241 e. The zero-order chi connectivity index (χ0) is 21.8. The van der Waals surface area contributed by atoms with Crippen LogP contribution in [0.3, 0.4) is 0 Å². The summed E-state index contributed by atoms with van der Waals surface area (Å²) in [6.45, 7) is 2.49. The van der Waals surface area contributed by atoms with Crippen LogP contribution in [0.4, 0.5) is 0 Å². The zero-order valence-electron chi connectivity index (χ0n) is 17.3. The Morgan fingerprint density at radius 2 is 2.23 bits per heavy atom. The van der Waals surface area contributed by atoms with E-state index < -0.39 is 6.17 Å². The number of carbonyl (C=O) groups is 1. The van der Waals surface area contributed by atoms with Crippen molar-refractivity contribution in [1.82, 2.24) is 24.9 Å². The summed E-state index contributed by atoms with van der Waals surface area (Å²) in [4.78, 5) is 17.0. The number of nitrogens with one attached hydrogen (secondary N) is 1. The molecule has 1 aromatic carbocycles. The van der Waals surface area contributed by atoms with Crippen LogP contribution in [-0.2, 0) is 22.6 Å². The van der Waals surface area contributed by atoms with Crippen LogP contribution in [0.25, 0.3) is 22.3 Å². The number of hydrogen-bond acceptors (Lipinski definition) is 7. The number of halogens is 1. The van der Waals surface area contributed by atoms with Gasteiger partial charge in [0, 0.05) is 36.9 Å².